The molecule has 0 bridgehead atoms. The van der Waals surface area contributed by atoms with Crippen molar-refractivity contribution in [2.75, 3.05) is 0 Å². The van der Waals surface area contributed by atoms with E-state index in [1.54, 1.807) is 12.1 Å². The summed E-state index contributed by atoms with van der Waals surface area (Å²) in [5, 5.41) is 0. The molecule has 2 aromatic rings. The third-order valence-corrected chi connectivity index (χ3v) is 7.75. The quantitative estimate of drug-likeness (QED) is 0.225. The molecule has 0 aromatic heterocycles. The van der Waals surface area contributed by atoms with Crippen LogP contribution >= 0.6 is 0 Å². The van der Waals surface area contributed by atoms with Gasteiger partial charge in [-0.3, -0.25) is 0 Å². The molecular formula is C30H33F3O2. The first-order valence-electron chi connectivity index (χ1n) is 12.6. The first kappa shape index (κ1) is 25.3. The molecule has 0 saturated heterocycles. The van der Waals surface area contributed by atoms with Gasteiger partial charge in [0.2, 0.25) is 5.82 Å². The molecule has 4 rings (SSSR count). The van der Waals surface area contributed by atoms with Crippen LogP contribution in [0.5, 0.6) is 5.75 Å². The van der Waals surface area contributed by atoms with Crippen molar-refractivity contribution in [3.63, 3.8) is 0 Å². The molecule has 0 radical (unpaired) electrons. The number of hydrogen-bond acceptors (Lipinski definition) is 2. The zero-order valence-corrected chi connectivity index (χ0v) is 20.2. The lowest BCUT2D eigenvalue weighted by molar-refractivity contribution is 0.0721. The Balaban J connectivity index is 1.42. The number of carbonyl (C=O) groups excluding carboxylic acids is 1. The number of rotatable bonds is 7. The molecule has 2 fully saturated rings. The molecule has 2 aromatic carbocycles. The zero-order valence-electron chi connectivity index (χ0n) is 20.2. The largest absolute Gasteiger partial charge is 0.420 e. The Morgan fingerprint density at radius 2 is 1.80 bits per heavy atom. The second-order valence-corrected chi connectivity index (χ2v) is 9.94. The van der Waals surface area contributed by atoms with Crippen LogP contribution in [0.2, 0.25) is 0 Å². The van der Waals surface area contributed by atoms with Crippen molar-refractivity contribution in [3.05, 3.63) is 89.3 Å². The highest BCUT2D eigenvalue weighted by atomic mass is 19.2. The van der Waals surface area contributed by atoms with E-state index >= 15 is 0 Å². The Bertz CT molecular complexity index is 1110. The van der Waals surface area contributed by atoms with E-state index in [9.17, 15) is 18.0 Å². The molecule has 0 N–H and O–H groups in total. The van der Waals surface area contributed by atoms with Gasteiger partial charge in [0.05, 0.1) is 5.56 Å². The molecule has 186 valence electrons. The summed E-state index contributed by atoms with van der Waals surface area (Å²) in [5.74, 6) is -2.27. The number of fused-ring (bicyclic) bond motifs is 1. The van der Waals surface area contributed by atoms with E-state index < -0.39 is 29.2 Å². The molecule has 0 amide bonds. The van der Waals surface area contributed by atoms with Gasteiger partial charge in [0, 0.05) is 0 Å². The van der Waals surface area contributed by atoms with Crippen molar-refractivity contribution in [1.29, 1.82) is 0 Å². The van der Waals surface area contributed by atoms with Crippen LogP contribution in [0, 0.1) is 35.2 Å². The fourth-order valence-electron chi connectivity index (χ4n) is 5.88. The molecule has 2 nitrogen and oxygen atoms in total. The summed E-state index contributed by atoms with van der Waals surface area (Å²) in [6.07, 6.45) is 13.7. The second-order valence-electron chi connectivity index (χ2n) is 9.94. The van der Waals surface area contributed by atoms with Crippen molar-refractivity contribution in [2.24, 2.45) is 17.8 Å². The van der Waals surface area contributed by atoms with E-state index in [0.717, 1.165) is 30.7 Å². The standard InChI is InChI=1S/C30H33F3O2/c1-3-5-7-20-13-15-27(29(33)28(20)32)35-30(34)25-14-12-24(18-26(25)31)23-11-10-21-16-19(6-4-2)8-9-22(21)17-23/h3-4,6,12-15,18-19,21-23H,1,5,7-11,16-17H2,2H3/b6-4+. The van der Waals surface area contributed by atoms with Gasteiger partial charge in [-0.05, 0) is 111 Å². The minimum atomic E-state index is -1.25. The maximum atomic E-state index is 14.9. The Morgan fingerprint density at radius 1 is 1.03 bits per heavy atom. The average Bonchev–Trinajstić information content (AvgIpc) is 2.86. The summed E-state index contributed by atoms with van der Waals surface area (Å²) in [6, 6.07) is 7.14. The summed E-state index contributed by atoms with van der Waals surface area (Å²) in [4.78, 5) is 12.5. The van der Waals surface area contributed by atoms with Gasteiger partial charge in [-0.2, -0.15) is 4.39 Å². The molecule has 2 saturated carbocycles. The van der Waals surface area contributed by atoms with Gasteiger partial charge in [-0.1, -0.05) is 30.4 Å². The molecule has 4 unspecified atom stereocenters. The molecule has 2 aliphatic carbocycles. The van der Waals surface area contributed by atoms with Crippen LogP contribution in [0.4, 0.5) is 13.2 Å². The van der Waals surface area contributed by atoms with E-state index in [-0.39, 0.29) is 23.5 Å². The van der Waals surface area contributed by atoms with Crippen LogP contribution in [-0.2, 0) is 6.42 Å². The van der Waals surface area contributed by atoms with Gasteiger partial charge in [-0.15, -0.1) is 6.58 Å². The van der Waals surface area contributed by atoms with Crippen LogP contribution in [0.15, 0.2) is 55.1 Å². The lowest BCUT2D eigenvalue weighted by atomic mass is 9.64. The number of esters is 1. The summed E-state index contributed by atoms with van der Waals surface area (Å²) < 4.78 is 48.6. The van der Waals surface area contributed by atoms with Crippen molar-refractivity contribution in [1.82, 2.24) is 0 Å². The van der Waals surface area contributed by atoms with Crippen LogP contribution < -0.4 is 4.74 Å². The predicted octanol–water partition coefficient (Wildman–Crippen LogP) is 8.32. The number of halogens is 3. The van der Waals surface area contributed by atoms with Crippen LogP contribution in [0.3, 0.4) is 0 Å². The molecule has 2 aliphatic rings. The highest BCUT2D eigenvalue weighted by molar-refractivity contribution is 5.91. The lowest BCUT2D eigenvalue weighted by Gasteiger charge is -2.41. The minimum absolute atomic E-state index is 0.169. The number of hydrogen-bond donors (Lipinski definition) is 0. The third kappa shape index (κ3) is 5.71. The van der Waals surface area contributed by atoms with E-state index in [1.807, 2.05) is 0 Å². The average molecular weight is 483 g/mol. The van der Waals surface area contributed by atoms with Gasteiger partial charge in [-0.25, -0.2) is 13.6 Å². The van der Waals surface area contributed by atoms with Crippen molar-refractivity contribution in [2.45, 2.75) is 64.2 Å². The smallest absolute Gasteiger partial charge is 0.346 e. The topological polar surface area (TPSA) is 26.3 Å². The van der Waals surface area contributed by atoms with Crippen molar-refractivity contribution >= 4 is 5.97 Å². The Kier molecular flexibility index (Phi) is 8.15. The number of allylic oxidation sites excluding steroid dienone is 3. The summed E-state index contributed by atoms with van der Waals surface area (Å²) in [7, 11) is 0. The van der Waals surface area contributed by atoms with Gasteiger partial charge >= 0.3 is 5.97 Å². The van der Waals surface area contributed by atoms with E-state index in [0.29, 0.717) is 18.3 Å². The molecule has 4 atom stereocenters. The molecule has 0 aliphatic heterocycles. The van der Waals surface area contributed by atoms with Crippen LogP contribution in [-0.4, -0.2) is 5.97 Å². The lowest BCUT2D eigenvalue weighted by Crippen LogP contribution is -2.30. The monoisotopic (exact) mass is 482 g/mol. The number of benzene rings is 2. The van der Waals surface area contributed by atoms with E-state index in [4.69, 9.17) is 4.74 Å². The molecule has 35 heavy (non-hydrogen) atoms. The number of ether oxygens (including phenoxy) is 1. The van der Waals surface area contributed by atoms with Gasteiger partial charge in [0.15, 0.2) is 11.6 Å². The Morgan fingerprint density at radius 3 is 2.54 bits per heavy atom. The molecule has 0 heterocycles. The van der Waals surface area contributed by atoms with Crippen molar-refractivity contribution < 1.29 is 22.7 Å². The zero-order chi connectivity index (χ0) is 24.9. The second kappa shape index (κ2) is 11.3. The predicted molar refractivity (Wildman–Crippen MR) is 132 cm³/mol. The summed E-state index contributed by atoms with van der Waals surface area (Å²) >= 11 is 0. The van der Waals surface area contributed by atoms with Gasteiger partial charge in [0.25, 0.3) is 0 Å². The van der Waals surface area contributed by atoms with E-state index in [1.165, 1.54) is 43.5 Å². The Labute approximate surface area is 205 Å². The fraction of sp³-hybridized carbons (Fsp3) is 0.433. The molecule has 5 heteroatoms. The van der Waals surface area contributed by atoms with Crippen molar-refractivity contribution in [3.8, 4) is 5.75 Å². The normalized spacial score (nSPS) is 24.2. The number of carbonyl (C=O) groups is 1. The first-order chi connectivity index (χ1) is 16.9. The molecule has 0 spiro atoms. The summed E-state index contributed by atoms with van der Waals surface area (Å²) in [5.41, 5.74) is 0.768. The minimum Gasteiger partial charge on any atom is -0.420 e. The van der Waals surface area contributed by atoms with Crippen LogP contribution in [0.1, 0.15) is 79.3 Å². The van der Waals surface area contributed by atoms with Gasteiger partial charge in [0.1, 0.15) is 5.82 Å². The van der Waals surface area contributed by atoms with Crippen LogP contribution in [0.25, 0.3) is 0 Å². The fourth-order valence-corrected chi connectivity index (χ4v) is 5.88. The highest BCUT2D eigenvalue weighted by Crippen LogP contribution is 2.48. The van der Waals surface area contributed by atoms with E-state index in [2.05, 4.69) is 25.7 Å². The third-order valence-electron chi connectivity index (χ3n) is 7.75. The Hall–Kier alpha value is -2.82. The summed E-state index contributed by atoms with van der Waals surface area (Å²) in [6.45, 7) is 5.64. The molecular weight excluding hydrogens is 449 g/mol. The SMILES string of the molecule is C=CCCc1ccc(OC(=O)c2ccc(C3CCC4CC(/C=C/C)CCC4C3)cc2F)c(F)c1F. The first-order valence-corrected chi connectivity index (χ1v) is 12.6. The van der Waals surface area contributed by atoms with Gasteiger partial charge < -0.3 is 4.74 Å². The maximum Gasteiger partial charge on any atom is 0.346 e. The number of aryl methyl sites for hydroxylation is 1. The highest BCUT2D eigenvalue weighted by Gasteiger charge is 2.35. The maximum absolute atomic E-state index is 14.9.